The van der Waals surface area contributed by atoms with Crippen LogP contribution < -0.4 is 0 Å². The molecule has 28 heavy (non-hydrogen) atoms. The molecule has 0 aliphatic rings. The summed E-state index contributed by atoms with van der Waals surface area (Å²) < 4.78 is 34.7. The van der Waals surface area contributed by atoms with Crippen LogP contribution in [0.5, 0.6) is 0 Å². The molecule has 0 heterocycles. The van der Waals surface area contributed by atoms with Gasteiger partial charge in [0.25, 0.3) is 0 Å². The van der Waals surface area contributed by atoms with Crippen molar-refractivity contribution >= 4 is 21.6 Å². The monoisotopic (exact) mass is 438 g/mol. The fraction of sp³-hybridized carbons (Fsp3) is 1.00. The van der Waals surface area contributed by atoms with Gasteiger partial charge < -0.3 is 9.47 Å². The second-order valence-electron chi connectivity index (χ2n) is 7.46. The van der Waals surface area contributed by atoms with Gasteiger partial charge in [-0.3, -0.25) is 8.42 Å². The predicted octanol–water partition coefficient (Wildman–Crippen LogP) is 5.24. The van der Waals surface area contributed by atoms with Crippen LogP contribution in [0.2, 0.25) is 0 Å². The molecule has 0 fully saturated rings. The van der Waals surface area contributed by atoms with Crippen LogP contribution in [0.25, 0.3) is 0 Å². The van der Waals surface area contributed by atoms with Gasteiger partial charge in [-0.25, -0.2) is 0 Å². The molecule has 0 aromatic heterocycles. The van der Waals surface area contributed by atoms with Crippen molar-refractivity contribution < 1.29 is 17.9 Å². The summed E-state index contributed by atoms with van der Waals surface area (Å²) in [6.45, 7) is 6.57. The van der Waals surface area contributed by atoms with Crippen molar-refractivity contribution in [1.29, 1.82) is 0 Å². The van der Waals surface area contributed by atoms with E-state index in [0.29, 0.717) is 37.9 Å². The molecule has 0 rings (SSSR count). The largest absolute Gasteiger partial charge is 0.378 e. The summed E-state index contributed by atoms with van der Waals surface area (Å²) in [4.78, 5) is 0. The van der Waals surface area contributed by atoms with Crippen molar-refractivity contribution in [3.63, 3.8) is 0 Å². The normalized spacial score (nSPS) is 13.6. The number of unbranched alkanes of at least 4 members (excludes halogenated alkanes) is 10. The lowest BCUT2D eigenvalue weighted by atomic mass is 10.1. The lowest BCUT2D eigenvalue weighted by Gasteiger charge is -2.07. The first-order chi connectivity index (χ1) is 13.7. The van der Waals surface area contributed by atoms with Gasteiger partial charge in [0.1, 0.15) is 0 Å². The van der Waals surface area contributed by atoms with Gasteiger partial charge in [0.2, 0.25) is 0 Å². The molecule has 0 aromatic carbocycles. The van der Waals surface area contributed by atoms with Gasteiger partial charge in [0.15, 0.2) is 0 Å². The van der Waals surface area contributed by atoms with Crippen molar-refractivity contribution in [2.45, 2.75) is 90.9 Å². The summed E-state index contributed by atoms with van der Waals surface area (Å²) in [5.74, 6) is 2.85. The van der Waals surface area contributed by atoms with E-state index in [0.717, 1.165) is 24.3 Å². The number of hydrogen-bond acceptors (Lipinski definition) is 4. The molecule has 4 nitrogen and oxygen atoms in total. The fourth-order valence-corrected chi connectivity index (χ4v) is 4.98. The van der Waals surface area contributed by atoms with Gasteiger partial charge in [0.05, 0.1) is 26.4 Å². The standard InChI is InChI=1S/C22H46O4S2/c1-3-5-7-9-11-13-19-27(23)21-17-25-15-16-26-18-22-28(24)20-14-12-10-8-6-4-2/h3-22H2,1-2H3. The molecule has 0 N–H and O–H groups in total. The third kappa shape index (κ3) is 22.5. The number of hydrogen-bond donors (Lipinski definition) is 0. The summed E-state index contributed by atoms with van der Waals surface area (Å²) in [7, 11) is -1.51. The molecule has 6 heteroatoms. The minimum absolute atomic E-state index is 0.526. The minimum atomic E-state index is -0.755. The molecule has 0 aliphatic heterocycles. The summed E-state index contributed by atoms with van der Waals surface area (Å²) in [5, 5.41) is 0. The van der Waals surface area contributed by atoms with Gasteiger partial charge in [-0.15, -0.1) is 0 Å². The zero-order valence-corrected chi connectivity index (χ0v) is 20.2. The van der Waals surface area contributed by atoms with Crippen molar-refractivity contribution in [2.75, 3.05) is 49.4 Å². The summed E-state index contributed by atoms with van der Waals surface area (Å²) in [5.41, 5.74) is 0. The summed E-state index contributed by atoms with van der Waals surface area (Å²) in [6.07, 6.45) is 14.8. The van der Waals surface area contributed by atoms with E-state index >= 15 is 0 Å². The van der Waals surface area contributed by atoms with E-state index in [1.165, 1.54) is 64.2 Å². The Bertz CT molecular complexity index is 330. The van der Waals surface area contributed by atoms with E-state index < -0.39 is 21.6 Å². The van der Waals surface area contributed by atoms with E-state index in [9.17, 15) is 8.42 Å². The van der Waals surface area contributed by atoms with Crippen LogP contribution in [0, 0.1) is 0 Å². The van der Waals surface area contributed by atoms with E-state index in [-0.39, 0.29) is 0 Å². The summed E-state index contributed by atoms with van der Waals surface area (Å²) >= 11 is 0. The third-order valence-corrected chi connectivity index (χ3v) is 7.47. The van der Waals surface area contributed by atoms with Crippen LogP contribution in [-0.2, 0) is 31.1 Å². The summed E-state index contributed by atoms with van der Waals surface area (Å²) in [6, 6.07) is 0. The molecule has 2 unspecified atom stereocenters. The third-order valence-electron chi connectivity index (χ3n) is 4.73. The number of ether oxygens (including phenoxy) is 2. The molecule has 0 radical (unpaired) electrons. The Labute approximate surface area is 179 Å². The Kier molecular flexibility index (Phi) is 23.7. The van der Waals surface area contributed by atoms with Crippen LogP contribution in [0.15, 0.2) is 0 Å². The average molecular weight is 439 g/mol. The van der Waals surface area contributed by atoms with Gasteiger partial charge in [-0.1, -0.05) is 78.1 Å². The molecule has 0 saturated heterocycles. The Balaban J connectivity index is 3.25. The lowest BCUT2D eigenvalue weighted by Crippen LogP contribution is -2.14. The second-order valence-corrected chi connectivity index (χ2v) is 10.8. The van der Waals surface area contributed by atoms with Gasteiger partial charge in [-0.2, -0.15) is 0 Å². The molecule has 170 valence electrons. The first kappa shape index (κ1) is 28.2. The van der Waals surface area contributed by atoms with Crippen molar-refractivity contribution in [1.82, 2.24) is 0 Å². The first-order valence-corrected chi connectivity index (χ1v) is 14.5. The zero-order valence-electron chi connectivity index (χ0n) is 18.6. The second kappa shape index (κ2) is 23.5. The van der Waals surface area contributed by atoms with Gasteiger partial charge in [-0.05, 0) is 12.8 Å². The van der Waals surface area contributed by atoms with Crippen LogP contribution in [0.3, 0.4) is 0 Å². The minimum Gasteiger partial charge on any atom is -0.378 e. The van der Waals surface area contributed by atoms with Crippen molar-refractivity contribution in [3.05, 3.63) is 0 Å². The molecule has 0 saturated carbocycles. The van der Waals surface area contributed by atoms with Gasteiger partial charge in [0, 0.05) is 44.6 Å². The van der Waals surface area contributed by atoms with Crippen molar-refractivity contribution in [2.24, 2.45) is 0 Å². The van der Waals surface area contributed by atoms with Crippen LogP contribution in [-0.4, -0.2) is 57.9 Å². The van der Waals surface area contributed by atoms with Crippen LogP contribution >= 0.6 is 0 Å². The van der Waals surface area contributed by atoms with Crippen LogP contribution in [0.1, 0.15) is 90.9 Å². The molecule has 0 bridgehead atoms. The van der Waals surface area contributed by atoms with Crippen molar-refractivity contribution in [3.8, 4) is 0 Å². The highest BCUT2D eigenvalue weighted by molar-refractivity contribution is 7.85. The molecular formula is C22H46O4S2. The Morgan fingerprint density at radius 3 is 1.21 bits per heavy atom. The first-order valence-electron chi connectivity index (χ1n) is 11.6. The molecule has 2 atom stereocenters. The molecule has 0 amide bonds. The molecule has 0 aromatic rings. The fourth-order valence-electron chi connectivity index (χ4n) is 2.92. The van der Waals surface area contributed by atoms with Gasteiger partial charge >= 0.3 is 0 Å². The maximum atomic E-state index is 11.9. The maximum absolute atomic E-state index is 11.9. The van der Waals surface area contributed by atoms with E-state index in [4.69, 9.17) is 9.47 Å². The zero-order chi connectivity index (χ0) is 20.7. The SMILES string of the molecule is CCCCCCCCS(=O)CCOCCOCCS(=O)CCCCCCCC. The Morgan fingerprint density at radius 1 is 0.464 bits per heavy atom. The topological polar surface area (TPSA) is 52.6 Å². The smallest absolute Gasteiger partial charge is 0.0700 e. The maximum Gasteiger partial charge on any atom is 0.0700 e. The molecular weight excluding hydrogens is 392 g/mol. The Morgan fingerprint density at radius 2 is 0.821 bits per heavy atom. The van der Waals surface area contributed by atoms with Crippen LogP contribution in [0.4, 0.5) is 0 Å². The highest BCUT2D eigenvalue weighted by atomic mass is 32.2. The van der Waals surface area contributed by atoms with E-state index in [2.05, 4.69) is 13.8 Å². The lowest BCUT2D eigenvalue weighted by molar-refractivity contribution is 0.0601. The highest BCUT2D eigenvalue weighted by Gasteiger charge is 2.02. The Hall–Kier alpha value is 0.220. The molecule has 0 aliphatic carbocycles. The predicted molar refractivity (Wildman–Crippen MR) is 124 cm³/mol. The number of rotatable bonds is 23. The van der Waals surface area contributed by atoms with E-state index in [1.54, 1.807) is 0 Å². The highest BCUT2D eigenvalue weighted by Crippen LogP contribution is 2.06. The average Bonchev–Trinajstić information content (AvgIpc) is 2.69. The quantitative estimate of drug-likeness (QED) is 0.205. The van der Waals surface area contributed by atoms with E-state index in [1.807, 2.05) is 0 Å². The molecule has 0 spiro atoms.